The number of nitrogens with one attached hydrogen (secondary N) is 1. The third-order valence-corrected chi connectivity index (χ3v) is 3.79. The zero-order valence-corrected chi connectivity index (χ0v) is 12.6. The molecule has 4 heteroatoms. The molecule has 2 unspecified atom stereocenters. The second-order valence-electron chi connectivity index (χ2n) is 5.13. The zero-order chi connectivity index (χ0) is 14.4. The van der Waals surface area contributed by atoms with Crippen LogP contribution in [0, 0.1) is 5.92 Å². The normalized spacial score (nSPS) is 21.9. The highest BCUT2D eigenvalue weighted by Crippen LogP contribution is 2.42. The van der Waals surface area contributed by atoms with E-state index in [4.69, 9.17) is 14.2 Å². The van der Waals surface area contributed by atoms with Gasteiger partial charge in [0, 0.05) is 24.6 Å². The van der Waals surface area contributed by atoms with Gasteiger partial charge in [0.15, 0.2) is 11.5 Å². The molecule has 1 saturated heterocycles. The molecule has 0 amide bonds. The molecule has 2 atom stereocenters. The van der Waals surface area contributed by atoms with E-state index in [-0.39, 0.29) is 6.10 Å². The van der Waals surface area contributed by atoms with E-state index in [1.54, 1.807) is 14.2 Å². The van der Waals surface area contributed by atoms with E-state index >= 15 is 0 Å². The van der Waals surface area contributed by atoms with Crippen molar-refractivity contribution in [2.24, 2.45) is 5.92 Å². The van der Waals surface area contributed by atoms with Crippen molar-refractivity contribution in [3.8, 4) is 11.5 Å². The fraction of sp³-hybridized carbons (Fsp3) is 0.625. The first kappa shape index (κ1) is 15.1. The van der Waals surface area contributed by atoms with Gasteiger partial charge in [0.05, 0.1) is 20.3 Å². The zero-order valence-electron chi connectivity index (χ0n) is 12.6. The van der Waals surface area contributed by atoms with Gasteiger partial charge in [-0.3, -0.25) is 0 Å². The molecule has 0 radical (unpaired) electrons. The topological polar surface area (TPSA) is 39.7 Å². The van der Waals surface area contributed by atoms with Gasteiger partial charge in [-0.2, -0.15) is 0 Å². The molecular weight excluding hydrogens is 254 g/mol. The summed E-state index contributed by atoms with van der Waals surface area (Å²) in [7, 11) is 3.35. The molecule has 1 aliphatic heterocycles. The largest absolute Gasteiger partial charge is 0.493 e. The van der Waals surface area contributed by atoms with Crippen LogP contribution in [-0.2, 0) is 4.74 Å². The van der Waals surface area contributed by atoms with Gasteiger partial charge < -0.3 is 19.5 Å². The smallest absolute Gasteiger partial charge is 0.166 e. The predicted molar refractivity (Wildman–Crippen MR) is 79.5 cm³/mol. The van der Waals surface area contributed by atoms with E-state index < -0.39 is 0 Å². The Morgan fingerprint density at radius 1 is 1.30 bits per heavy atom. The maximum atomic E-state index is 5.95. The average molecular weight is 279 g/mol. The van der Waals surface area contributed by atoms with Crippen molar-refractivity contribution in [1.29, 1.82) is 0 Å². The first-order valence-electron chi connectivity index (χ1n) is 7.35. The summed E-state index contributed by atoms with van der Waals surface area (Å²) in [5, 5.41) is 3.49. The first-order chi connectivity index (χ1) is 9.81. The summed E-state index contributed by atoms with van der Waals surface area (Å²) < 4.78 is 16.9. The summed E-state index contributed by atoms with van der Waals surface area (Å²) in [5.74, 6) is 2.05. The minimum atomic E-state index is 0.0874. The molecule has 0 aliphatic carbocycles. The van der Waals surface area contributed by atoms with Crippen LogP contribution >= 0.6 is 0 Å². The quantitative estimate of drug-likeness (QED) is 0.779. The van der Waals surface area contributed by atoms with Crippen LogP contribution in [-0.4, -0.2) is 33.9 Å². The van der Waals surface area contributed by atoms with Crippen molar-refractivity contribution in [1.82, 2.24) is 5.32 Å². The molecule has 1 aromatic rings. The molecule has 0 bridgehead atoms. The van der Waals surface area contributed by atoms with Crippen molar-refractivity contribution >= 4 is 0 Å². The standard InChI is InChI=1S/C16H25NO3/c1-4-9-17-11-12-8-10-20-15(12)13-6-5-7-14(18-2)16(13)19-3/h5-7,12,15,17H,4,8-11H2,1-3H3. The second kappa shape index (κ2) is 7.50. The first-order valence-corrected chi connectivity index (χ1v) is 7.35. The van der Waals surface area contributed by atoms with Gasteiger partial charge in [-0.05, 0) is 25.5 Å². The van der Waals surface area contributed by atoms with Crippen LogP contribution in [0.3, 0.4) is 0 Å². The highest BCUT2D eigenvalue weighted by molar-refractivity contribution is 5.48. The molecule has 1 N–H and O–H groups in total. The molecule has 1 heterocycles. The molecule has 0 saturated carbocycles. The van der Waals surface area contributed by atoms with Gasteiger partial charge in [0.1, 0.15) is 0 Å². The number of benzene rings is 1. The number of methoxy groups -OCH3 is 2. The average Bonchev–Trinajstić information content (AvgIpc) is 2.94. The van der Waals surface area contributed by atoms with Crippen molar-refractivity contribution in [3.05, 3.63) is 23.8 Å². The van der Waals surface area contributed by atoms with Gasteiger partial charge in [-0.1, -0.05) is 19.1 Å². The molecule has 1 aliphatic rings. The van der Waals surface area contributed by atoms with Gasteiger partial charge in [0.2, 0.25) is 0 Å². The maximum absolute atomic E-state index is 5.95. The molecule has 1 fully saturated rings. The Hall–Kier alpha value is -1.26. The molecule has 20 heavy (non-hydrogen) atoms. The molecule has 0 spiro atoms. The Balaban J connectivity index is 2.16. The Morgan fingerprint density at radius 3 is 2.85 bits per heavy atom. The Kier molecular flexibility index (Phi) is 5.68. The minimum Gasteiger partial charge on any atom is -0.493 e. The summed E-state index contributed by atoms with van der Waals surface area (Å²) in [6, 6.07) is 5.99. The van der Waals surface area contributed by atoms with Gasteiger partial charge in [-0.25, -0.2) is 0 Å². The van der Waals surface area contributed by atoms with Crippen LogP contribution in [0.25, 0.3) is 0 Å². The third kappa shape index (κ3) is 3.25. The summed E-state index contributed by atoms with van der Waals surface area (Å²) >= 11 is 0. The van der Waals surface area contributed by atoms with Crippen LogP contribution in [0.5, 0.6) is 11.5 Å². The van der Waals surface area contributed by atoms with Crippen molar-refractivity contribution in [2.75, 3.05) is 33.9 Å². The SMILES string of the molecule is CCCNCC1CCOC1c1cccc(OC)c1OC. The van der Waals surface area contributed by atoms with E-state index in [0.717, 1.165) is 49.6 Å². The second-order valence-corrected chi connectivity index (χ2v) is 5.13. The minimum absolute atomic E-state index is 0.0874. The van der Waals surface area contributed by atoms with Gasteiger partial charge in [-0.15, -0.1) is 0 Å². The van der Waals surface area contributed by atoms with Crippen molar-refractivity contribution in [3.63, 3.8) is 0 Å². The predicted octanol–water partition coefficient (Wildman–Crippen LogP) is 2.78. The number of hydrogen-bond acceptors (Lipinski definition) is 4. The molecule has 2 rings (SSSR count). The molecule has 1 aromatic carbocycles. The Labute approximate surface area is 121 Å². The van der Waals surface area contributed by atoms with Crippen LogP contribution < -0.4 is 14.8 Å². The summed E-state index contributed by atoms with van der Waals surface area (Å²) in [6.45, 7) is 5.03. The lowest BCUT2D eigenvalue weighted by atomic mass is 9.94. The molecule has 0 aromatic heterocycles. The van der Waals surface area contributed by atoms with Gasteiger partial charge in [0.25, 0.3) is 0 Å². The maximum Gasteiger partial charge on any atom is 0.166 e. The van der Waals surface area contributed by atoms with Crippen LogP contribution in [0.4, 0.5) is 0 Å². The number of ether oxygens (including phenoxy) is 3. The Morgan fingerprint density at radius 2 is 2.15 bits per heavy atom. The highest BCUT2D eigenvalue weighted by atomic mass is 16.5. The van der Waals surface area contributed by atoms with Crippen molar-refractivity contribution in [2.45, 2.75) is 25.9 Å². The monoisotopic (exact) mass is 279 g/mol. The van der Waals surface area contributed by atoms with Crippen LogP contribution in [0.15, 0.2) is 18.2 Å². The van der Waals surface area contributed by atoms with E-state index in [1.165, 1.54) is 0 Å². The molecule has 112 valence electrons. The highest BCUT2D eigenvalue weighted by Gasteiger charge is 2.32. The van der Waals surface area contributed by atoms with Crippen LogP contribution in [0.1, 0.15) is 31.4 Å². The lowest BCUT2D eigenvalue weighted by Crippen LogP contribution is -2.25. The fourth-order valence-corrected chi connectivity index (χ4v) is 2.79. The number of para-hydroxylation sites is 1. The summed E-state index contributed by atoms with van der Waals surface area (Å²) in [5.41, 5.74) is 1.09. The van der Waals surface area contributed by atoms with Crippen LogP contribution in [0.2, 0.25) is 0 Å². The number of hydrogen-bond donors (Lipinski definition) is 1. The lowest BCUT2D eigenvalue weighted by Gasteiger charge is -2.22. The van der Waals surface area contributed by atoms with E-state index in [9.17, 15) is 0 Å². The molecular formula is C16H25NO3. The fourth-order valence-electron chi connectivity index (χ4n) is 2.79. The molecule has 4 nitrogen and oxygen atoms in total. The summed E-state index contributed by atoms with van der Waals surface area (Å²) in [4.78, 5) is 0. The van der Waals surface area contributed by atoms with Crippen molar-refractivity contribution < 1.29 is 14.2 Å². The summed E-state index contributed by atoms with van der Waals surface area (Å²) in [6.07, 6.45) is 2.33. The van der Waals surface area contributed by atoms with Gasteiger partial charge >= 0.3 is 0 Å². The van der Waals surface area contributed by atoms with E-state index in [2.05, 4.69) is 18.3 Å². The lowest BCUT2D eigenvalue weighted by molar-refractivity contribution is 0.0879. The third-order valence-electron chi connectivity index (χ3n) is 3.79. The Bertz CT molecular complexity index is 422. The van der Waals surface area contributed by atoms with E-state index in [1.807, 2.05) is 12.1 Å². The van der Waals surface area contributed by atoms with E-state index in [0.29, 0.717) is 5.92 Å². The number of rotatable bonds is 7.